The average molecular weight is 349 g/mol. The van der Waals surface area contributed by atoms with E-state index in [1.54, 1.807) is 6.33 Å². The molecule has 1 aliphatic carbocycles. The van der Waals surface area contributed by atoms with Gasteiger partial charge in [-0.1, -0.05) is 6.92 Å². The Balaban J connectivity index is 1.51. The summed E-state index contributed by atoms with van der Waals surface area (Å²) in [6.07, 6.45) is 5.09. The van der Waals surface area contributed by atoms with Crippen LogP contribution in [0, 0.1) is 5.92 Å². The Morgan fingerprint density at radius 3 is 2.88 bits per heavy atom. The molecular formula is C20H23N5O. The van der Waals surface area contributed by atoms with Crippen LogP contribution in [0.3, 0.4) is 0 Å². The Morgan fingerprint density at radius 2 is 2.12 bits per heavy atom. The molecule has 1 aromatic carbocycles. The Bertz CT molecular complexity index is 962. The van der Waals surface area contributed by atoms with Crippen molar-refractivity contribution in [2.24, 2.45) is 5.92 Å². The number of fused-ring (bicyclic) bond motifs is 1. The summed E-state index contributed by atoms with van der Waals surface area (Å²) >= 11 is 0. The highest BCUT2D eigenvalue weighted by atomic mass is 16.5. The zero-order chi connectivity index (χ0) is 17.7. The predicted octanol–water partition coefficient (Wildman–Crippen LogP) is 3.80. The molecule has 0 unspecified atom stereocenters. The van der Waals surface area contributed by atoms with Crippen LogP contribution < -0.4 is 9.64 Å². The third-order valence-corrected chi connectivity index (χ3v) is 5.50. The van der Waals surface area contributed by atoms with Crippen molar-refractivity contribution in [1.29, 1.82) is 0 Å². The van der Waals surface area contributed by atoms with Crippen LogP contribution in [0.2, 0.25) is 0 Å². The Kier molecular flexibility index (Phi) is 3.42. The van der Waals surface area contributed by atoms with E-state index in [1.165, 1.54) is 6.42 Å². The number of rotatable bonds is 4. The lowest BCUT2D eigenvalue weighted by atomic mass is 10.1. The van der Waals surface area contributed by atoms with Crippen LogP contribution in [-0.2, 0) is 0 Å². The van der Waals surface area contributed by atoms with Crippen LogP contribution in [0.15, 0.2) is 30.6 Å². The molecule has 6 heteroatoms. The van der Waals surface area contributed by atoms with E-state index in [4.69, 9.17) is 4.74 Å². The van der Waals surface area contributed by atoms with Gasteiger partial charge in [-0.15, -0.1) is 0 Å². The highest BCUT2D eigenvalue weighted by Gasteiger charge is 2.40. The van der Waals surface area contributed by atoms with E-state index in [1.807, 2.05) is 18.2 Å². The second-order valence-electron chi connectivity index (χ2n) is 7.93. The second kappa shape index (κ2) is 5.69. The fraction of sp³-hybridized carbons (Fsp3) is 0.450. The van der Waals surface area contributed by atoms with Crippen molar-refractivity contribution in [3.05, 3.63) is 30.6 Å². The third kappa shape index (κ3) is 2.79. The van der Waals surface area contributed by atoms with Gasteiger partial charge in [-0.3, -0.25) is 5.10 Å². The van der Waals surface area contributed by atoms with Gasteiger partial charge in [-0.2, -0.15) is 5.10 Å². The molecule has 1 saturated heterocycles. The minimum absolute atomic E-state index is 0.00606. The molecule has 2 aromatic heterocycles. The largest absolute Gasteiger partial charge is 0.488 e. The highest BCUT2D eigenvalue weighted by molar-refractivity contribution is 5.93. The molecule has 6 nitrogen and oxygen atoms in total. The average Bonchev–Trinajstić information content (AvgIpc) is 3.05. The van der Waals surface area contributed by atoms with Gasteiger partial charge in [-0.25, -0.2) is 9.97 Å². The Hall–Kier alpha value is -2.63. The minimum atomic E-state index is 0.00606. The summed E-state index contributed by atoms with van der Waals surface area (Å²) < 4.78 is 6.12. The summed E-state index contributed by atoms with van der Waals surface area (Å²) in [5, 5.41) is 8.65. The first-order valence-corrected chi connectivity index (χ1v) is 9.34. The molecule has 1 N–H and O–H groups in total. The summed E-state index contributed by atoms with van der Waals surface area (Å²) in [5.41, 5.74) is 2.69. The van der Waals surface area contributed by atoms with Gasteiger partial charge in [0.2, 0.25) is 0 Å². The number of nitrogens with zero attached hydrogens (tertiary/aromatic N) is 4. The molecule has 134 valence electrons. The molecule has 0 spiro atoms. The van der Waals surface area contributed by atoms with Crippen LogP contribution >= 0.6 is 0 Å². The summed E-state index contributed by atoms with van der Waals surface area (Å²) in [6, 6.07) is 8.14. The van der Waals surface area contributed by atoms with Crippen molar-refractivity contribution in [2.75, 3.05) is 18.0 Å². The van der Waals surface area contributed by atoms with Crippen molar-refractivity contribution in [2.45, 2.75) is 38.7 Å². The topological polar surface area (TPSA) is 66.9 Å². The molecule has 26 heavy (non-hydrogen) atoms. The molecule has 1 atom stereocenters. The molecule has 3 aromatic rings. The quantitative estimate of drug-likeness (QED) is 0.776. The van der Waals surface area contributed by atoms with Gasteiger partial charge < -0.3 is 9.64 Å². The fourth-order valence-corrected chi connectivity index (χ4v) is 3.61. The number of ether oxygens (including phenoxy) is 1. The van der Waals surface area contributed by atoms with Crippen LogP contribution in [-0.4, -0.2) is 38.9 Å². The van der Waals surface area contributed by atoms with Gasteiger partial charge >= 0.3 is 0 Å². The summed E-state index contributed by atoms with van der Waals surface area (Å²) in [4.78, 5) is 11.3. The van der Waals surface area contributed by atoms with Crippen molar-refractivity contribution in [3.63, 3.8) is 0 Å². The molecule has 3 heterocycles. The monoisotopic (exact) mass is 349 g/mol. The maximum Gasteiger partial charge on any atom is 0.132 e. The van der Waals surface area contributed by atoms with Crippen LogP contribution in [0.5, 0.6) is 5.75 Å². The van der Waals surface area contributed by atoms with Gasteiger partial charge in [-0.05, 0) is 50.3 Å². The number of hydrogen-bond acceptors (Lipinski definition) is 5. The number of anilines is 1. The van der Waals surface area contributed by atoms with Gasteiger partial charge in [0.1, 0.15) is 29.2 Å². The van der Waals surface area contributed by atoms with E-state index in [-0.39, 0.29) is 5.60 Å². The first-order valence-electron chi connectivity index (χ1n) is 9.34. The number of aromatic nitrogens is 4. The van der Waals surface area contributed by atoms with Gasteiger partial charge in [0.05, 0.1) is 11.2 Å². The van der Waals surface area contributed by atoms with E-state index in [9.17, 15) is 0 Å². The van der Waals surface area contributed by atoms with E-state index >= 15 is 0 Å². The predicted molar refractivity (Wildman–Crippen MR) is 101 cm³/mol. The summed E-state index contributed by atoms with van der Waals surface area (Å²) in [7, 11) is 0. The Labute approximate surface area is 152 Å². The van der Waals surface area contributed by atoms with Gasteiger partial charge in [0.25, 0.3) is 0 Å². The molecule has 0 bridgehead atoms. The third-order valence-electron chi connectivity index (χ3n) is 5.50. The number of benzene rings is 1. The first-order chi connectivity index (χ1) is 12.6. The maximum absolute atomic E-state index is 6.12. The molecular weight excluding hydrogens is 326 g/mol. The highest BCUT2D eigenvalue weighted by Crippen LogP contribution is 2.40. The van der Waals surface area contributed by atoms with Gasteiger partial charge in [0.15, 0.2) is 0 Å². The summed E-state index contributed by atoms with van der Waals surface area (Å²) in [5.74, 6) is 2.58. The smallest absolute Gasteiger partial charge is 0.132 e. The van der Waals surface area contributed by atoms with Crippen molar-refractivity contribution in [1.82, 2.24) is 20.2 Å². The number of nitrogens with one attached hydrogen (secondary N) is 1. The number of aromatic amines is 1. The summed E-state index contributed by atoms with van der Waals surface area (Å²) in [6.45, 7) is 6.54. The van der Waals surface area contributed by atoms with E-state index in [0.29, 0.717) is 5.92 Å². The molecule has 2 fully saturated rings. The lowest BCUT2D eigenvalue weighted by molar-refractivity contribution is 0.200. The number of hydrogen-bond donors (Lipinski definition) is 1. The van der Waals surface area contributed by atoms with E-state index in [2.05, 4.69) is 45.0 Å². The standard InChI is InChI=1S/C20H23N5O/c1-13-5-8-25(11-13)18-10-17(21-12-22-18)19-15-9-14(26-20(2)6-7-20)3-4-16(15)23-24-19/h3-4,9-10,12-13H,5-8,11H2,1-2H3,(H,23,24)/t13-/m0/s1. The SMILES string of the molecule is C[C@H]1CCN(c2cc(-c3n[nH]c4ccc(OC5(C)CC5)cc34)ncn2)C1. The Morgan fingerprint density at radius 1 is 1.23 bits per heavy atom. The molecule has 1 saturated carbocycles. The molecule has 2 aliphatic rings. The lowest BCUT2D eigenvalue weighted by Gasteiger charge is -2.16. The van der Waals surface area contributed by atoms with Crippen molar-refractivity contribution < 1.29 is 4.74 Å². The second-order valence-corrected chi connectivity index (χ2v) is 7.93. The normalized spacial score (nSPS) is 21.3. The zero-order valence-electron chi connectivity index (χ0n) is 15.2. The number of H-pyrrole nitrogens is 1. The molecule has 0 amide bonds. The first kappa shape index (κ1) is 15.6. The fourth-order valence-electron chi connectivity index (χ4n) is 3.61. The van der Waals surface area contributed by atoms with Crippen molar-refractivity contribution >= 4 is 16.7 Å². The van der Waals surface area contributed by atoms with Crippen LogP contribution in [0.4, 0.5) is 5.82 Å². The van der Waals surface area contributed by atoms with Crippen LogP contribution in [0.25, 0.3) is 22.3 Å². The zero-order valence-corrected chi connectivity index (χ0v) is 15.2. The lowest BCUT2D eigenvalue weighted by Crippen LogP contribution is -2.20. The van der Waals surface area contributed by atoms with E-state index < -0.39 is 0 Å². The molecule has 0 radical (unpaired) electrons. The molecule has 1 aliphatic heterocycles. The molecule has 5 rings (SSSR count). The van der Waals surface area contributed by atoms with Gasteiger partial charge in [0, 0.05) is 24.5 Å². The van der Waals surface area contributed by atoms with E-state index in [0.717, 1.165) is 59.8 Å². The van der Waals surface area contributed by atoms with Crippen LogP contribution in [0.1, 0.15) is 33.1 Å². The maximum atomic E-state index is 6.12. The minimum Gasteiger partial charge on any atom is -0.488 e. The van der Waals surface area contributed by atoms with Crippen molar-refractivity contribution in [3.8, 4) is 17.1 Å².